The number of likely N-dealkylation sites (N-methyl/N-ethyl adjacent to an activating group) is 1. The van der Waals surface area contributed by atoms with Crippen molar-refractivity contribution in [1.29, 1.82) is 0 Å². The van der Waals surface area contributed by atoms with Gasteiger partial charge in [-0.3, -0.25) is 19.7 Å². The smallest absolute Gasteiger partial charge is 0.306 e. The largest absolute Gasteiger partial charge is 0.390 e. The van der Waals surface area contributed by atoms with E-state index >= 15 is 0 Å². The van der Waals surface area contributed by atoms with Gasteiger partial charge in [-0.1, -0.05) is 42.5 Å². The molecule has 3 rings (SSSR count). The molecule has 1 heterocycles. The Balaban J connectivity index is 1.61. The van der Waals surface area contributed by atoms with Crippen molar-refractivity contribution in [3.8, 4) is 0 Å². The van der Waals surface area contributed by atoms with Crippen LogP contribution in [0.25, 0.3) is 10.8 Å². The number of aliphatic hydroxyl groups is 1. The maximum Gasteiger partial charge on any atom is 0.306 e. The van der Waals surface area contributed by atoms with E-state index < -0.39 is 11.0 Å². The average Bonchev–Trinajstić information content (AvgIpc) is 3.03. The Morgan fingerprint density at radius 3 is 2.80 bits per heavy atom. The molecule has 0 saturated heterocycles. The number of fused-ring (bicyclic) bond motifs is 1. The SMILES string of the molecule is CN(Cc1cccc2ccccc12)CC(O)Cn1cc([N+](=O)[O-])cn1. The monoisotopic (exact) mass is 340 g/mol. The molecule has 0 saturated carbocycles. The molecule has 3 aromatic rings. The van der Waals surface area contributed by atoms with Crippen molar-refractivity contribution in [3.63, 3.8) is 0 Å². The van der Waals surface area contributed by atoms with Crippen molar-refractivity contribution in [2.75, 3.05) is 13.6 Å². The van der Waals surface area contributed by atoms with E-state index in [9.17, 15) is 15.2 Å². The van der Waals surface area contributed by atoms with Crippen LogP contribution >= 0.6 is 0 Å². The third kappa shape index (κ3) is 4.20. The Morgan fingerprint density at radius 1 is 1.28 bits per heavy atom. The molecule has 0 amide bonds. The first kappa shape index (κ1) is 17.1. The van der Waals surface area contributed by atoms with Gasteiger partial charge in [0.1, 0.15) is 12.4 Å². The number of hydrogen-bond donors (Lipinski definition) is 1. The van der Waals surface area contributed by atoms with Gasteiger partial charge in [0.05, 0.1) is 17.6 Å². The average molecular weight is 340 g/mol. The van der Waals surface area contributed by atoms with E-state index in [1.165, 1.54) is 33.4 Å². The predicted molar refractivity (Wildman–Crippen MR) is 95.2 cm³/mol. The topological polar surface area (TPSA) is 84.4 Å². The molecule has 0 radical (unpaired) electrons. The summed E-state index contributed by atoms with van der Waals surface area (Å²) in [6.07, 6.45) is 1.85. The molecule has 0 aliphatic rings. The van der Waals surface area contributed by atoms with Crippen LogP contribution in [0.2, 0.25) is 0 Å². The quantitative estimate of drug-likeness (QED) is 0.527. The van der Waals surface area contributed by atoms with Crippen molar-refractivity contribution >= 4 is 16.5 Å². The first-order valence-electron chi connectivity index (χ1n) is 8.03. The van der Waals surface area contributed by atoms with Crippen LogP contribution < -0.4 is 0 Å². The van der Waals surface area contributed by atoms with Crippen LogP contribution in [0.3, 0.4) is 0 Å². The lowest BCUT2D eigenvalue weighted by atomic mass is 10.0. The van der Waals surface area contributed by atoms with Crippen molar-refractivity contribution in [3.05, 3.63) is 70.5 Å². The van der Waals surface area contributed by atoms with E-state index in [1.54, 1.807) is 0 Å². The summed E-state index contributed by atoms with van der Waals surface area (Å²) >= 11 is 0. The van der Waals surface area contributed by atoms with Gasteiger partial charge in [0.25, 0.3) is 0 Å². The van der Waals surface area contributed by atoms with Crippen LogP contribution in [0.4, 0.5) is 5.69 Å². The lowest BCUT2D eigenvalue weighted by Gasteiger charge is -2.21. The van der Waals surface area contributed by atoms with E-state index in [0.717, 1.165) is 0 Å². The van der Waals surface area contributed by atoms with Crippen LogP contribution in [-0.2, 0) is 13.1 Å². The van der Waals surface area contributed by atoms with Gasteiger partial charge in [-0.2, -0.15) is 5.10 Å². The van der Waals surface area contributed by atoms with Crippen molar-refractivity contribution in [2.45, 2.75) is 19.2 Å². The van der Waals surface area contributed by atoms with E-state index in [2.05, 4.69) is 29.4 Å². The minimum atomic E-state index is -0.667. The third-order valence-electron chi connectivity index (χ3n) is 4.07. The summed E-state index contributed by atoms with van der Waals surface area (Å²) in [5, 5.41) is 27.2. The summed E-state index contributed by atoms with van der Waals surface area (Å²) in [7, 11) is 1.94. The Morgan fingerprint density at radius 2 is 2.04 bits per heavy atom. The molecule has 0 aliphatic carbocycles. The molecule has 1 aromatic heterocycles. The summed E-state index contributed by atoms with van der Waals surface area (Å²) in [5.41, 5.74) is 1.12. The molecular weight excluding hydrogens is 320 g/mol. The van der Waals surface area contributed by atoms with Crippen LogP contribution in [0, 0.1) is 10.1 Å². The fraction of sp³-hybridized carbons (Fsp3) is 0.278. The fourth-order valence-electron chi connectivity index (χ4n) is 2.97. The summed E-state index contributed by atoms with van der Waals surface area (Å²) < 4.78 is 1.40. The normalized spacial score (nSPS) is 12.6. The highest BCUT2D eigenvalue weighted by Crippen LogP contribution is 2.19. The van der Waals surface area contributed by atoms with Crippen LogP contribution in [-0.4, -0.2) is 44.4 Å². The zero-order valence-electron chi connectivity index (χ0n) is 13.9. The molecule has 25 heavy (non-hydrogen) atoms. The molecule has 1 atom stereocenters. The van der Waals surface area contributed by atoms with E-state index in [1.807, 2.05) is 30.1 Å². The lowest BCUT2D eigenvalue weighted by molar-refractivity contribution is -0.385. The van der Waals surface area contributed by atoms with E-state index in [4.69, 9.17) is 0 Å². The lowest BCUT2D eigenvalue weighted by Crippen LogP contribution is -2.32. The Labute approximate surface area is 145 Å². The molecule has 2 aromatic carbocycles. The standard InChI is InChI=1S/C18H20N4O3/c1-20(10-15-7-4-6-14-5-2-3-8-18(14)15)12-17(23)13-21-11-16(9-19-21)22(24)25/h2-9,11,17,23H,10,12-13H2,1H3. The van der Waals surface area contributed by atoms with E-state index in [0.29, 0.717) is 13.1 Å². The molecule has 0 aliphatic heterocycles. The molecule has 1 unspecified atom stereocenters. The zero-order chi connectivity index (χ0) is 17.8. The molecule has 130 valence electrons. The van der Waals surface area contributed by atoms with Crippen molar-refractivity contribution < 1.29 is 10.0 Å². The summed E-state index contributed by atoms with van der Waals surface area (Å²) in [5.74, 6) is 0. The van der Waals surface area contributed by atoms with Gasteiger partial charge in [0.2, 0.25) is 0 Å². The number of hydrogen-bond acceptors (Lipinski definition) is 5. The Bertz CT molecular complexity index is 872. The minimum Gasteiger partial charge on any atom is -0.390 e. The third-order valence-corrected chi connectivity index (χ3v) is 4.07. The van der Waals surface area contributed by atoms with Crippen LogP contribution in [0.15, 0.2) is 54.9 Å². The molecule has 0 spiro atoms. The highest BCUT2D eigenvalue weighted by molar-refractivity contribution is 5.85. The number of aliphatic hydroxyl groups excluding tert-OH is 1. The number of aromatic nitrogens is 2. The molecule has 0 fully saturated rings. The number of rotatable bonds is 7. The zero-order valence-corrected chi connectivity index (χ0v) is 13.9. The first-order valence-corrected chi connectivity index (χ1v) is 8.03. The minimum absolute atomic E-state index is 0.0729. The predicted octanol–water partition coefficient (Wildman–Crippen LogP) is 2.44. The maximum absolute atomic E-state index is 10.7. The second-order valence-corrected chi connectivity index (χ2v) is 6.17. The van der Waals surface area contributed by atoms with Crippen molar-refractivity contribution in [1.82, 2.24) is 14.7 Å². The Hall–Kier alpha value is -2.77. The number of nitrogens with zero attached hydrogens (tertiary/aromatic N) is 4. The van der Waals surface area contributed by atoms with Gasteiger partial charge in [-0.15, -0.1) is 0 Å². The van der Waals surface area contributed by atoms with Gasteiger partial charge in [0, 0.05) is 13.1 Å². The van der Waals surface area contributed by atoms with Gasteiger partial charge in [0.15, 0.2) is 0 Å². The molecule has 7 nitrogen and oxygen atoms in total. The highest BCUT2D eigenvalue weighted by atomic mass is 16.6. The Kier molecular flexibility index (Phi) is 5.06. The summed E-state index contributed by atoms with van der Waals surface area (Å²) in [4.78, 5) is 12.2. The van der Waals surface area contributed by atoms with Crippen LogP contribution in [0.5, 0.6) is 0 Å². The second-order valence-electron chi connectivity index (χ2n) is 6.17. The second kappa shape index (κ2) is 7.42. The van der Waals surface area contributed by atoms with Gasteiger partial charge in [-0.05, 0) is 23.4 Å². The molecule has 1 N–H and O–H groups in total. The highest BCUT2D eigenvalue weighted by Gasteiger charge is 2.14. The number of benzene rings is 2. The van der Waals surface area contributed by atoms with Crippen molar-refractivity contribution in [2.24, 2.45) is 0 Å². The first-order chi connectivity index (χ1) is 12.0. The molecule has 0 bridgehead atoms. The maximum atomic E-state index is 10.7. The fourth-order valence-corrected chi connectivity index (χ4v) is 2.97. The number of nitro groups is 1. The summed E-state index contributed by atoms with van der Waals surface area (Å²) in [6, 6.07) is 14.4. The molecular formula is C18H20N4O3. The van der Waals surface area contributed by atoms with Crippen LogP contribution in [0.1, 0.15) is 5.56 Å². The van der Waals surface area contributed by atoms with Gasteiger partial charge < -0.3 is 5.11 Å². The van der Waals surface area contributed by atoms with Gasteiger partial charge >= 0.3 is 5.69 Å². The van der Waals surface area contributed by atoms with Gasteiger partial charge in [-0.25, -0.2) is 0 Å². The van der Waals surface area contributed by atoms with E-state index in [-0.39, 0.29) is 12.2 Å². The summed E-state index contributed by atoms with van der Waals surface area (Å²) in [6.45, 7) is 1.36. The molecule has 7 heteroatoms.